The quantitative estimate of drug-likeness (QED) is 0.558. The predicted molar refractivity (Wildman–Crippen MR) is 123 cm³/mol. The summed E-state index contributed by atoms with van der Waals surface area (Å²) in [5, 5.41) is 3.70. The molecule has 160 valence electrons. The lowest BCUT2D eigenvalue weighted by molar-refractivity contribution is 0.0361. The monoisotopic (exact) mass is 427 g/mol. The number of rotatable bonds is 9. The number of para-hydroxylation sites is 1. The van der Waals surface area contributed by atoms with Gasteiger partial charge in [0.2, 0.25) is 0 Å². The molecule has 1 heterocycles. The van der Waals surface area contributed by atoms with Gasteiger partial charge in [-0.15, -0.1) is 6.58 Å². The van der Waals surface area contributed by atoms with Crippen LogP contribution in [-0.2, 0) is 4.74 Å². The van der Waals surface area contributed by atoms with Crippen molar-refractivity contribution in [3.05, 3.63) is 77.8 Å². The van der Waals surface area contributed by atoms with Gasteiger partial charge in [0, 0.05) is 36.9 Å². The maximum absolute atomic E-state index is 13.3. The molecule has 3 rings (SSSR count). The Balaban J connectivity index is 1.76. The van der Waals surface area contributed by atoms with Gasteiger partial charge in [0.25, 0.3) is 0 Å². The molecule has 5 nitrogen and oxygen atoms in total. The van der Waals surface area contributed by atoms with Gasteiger partial charge in [0.15, 0.2) is 0 Å². The Morgan fingerprint density at radius 2 is 1.97 bits per heavy atom. The Kier molecular flexibility index (Phi) is 8.75. The molecule has 0 aliphatic carbocycles. The van der Waals surface area contributed by atoms with Crippen molar-refractivity contribution < 1.29 is 9.53 Å². The van der Waals surface area contributed by atoms with E-state index in [1.54, 1.807) is 0 Å². The lowest BCUT2D eigenvalue weighted by atomic mass is 10.0. The van der Waals surface area contributed by atoms with Crippen LogP contribution in [0.15, 0.2) is 67.3 Å². The lowest BCUT2D eigenvalue weighted by Crippen LogP contribution is -2.41. The Bertz CT molecular complexity index is 809. The number of carbonyl (C=O) groups is 1. The van der Waals surface area contributed by atoms with Gasteiger partial charge in [-0.25, -0.2) is 4.79 Å². The molecule has 1 N–H and O–H groups in total. The molecule has 2 aromatic carbocycles. The molecule has 1 aliphatic rings. The van der Waals surface area contributed by atoms with Crippen molar-refractivity contribution in [2.24, 2.45) is 0 Å². The number of ether oxygens (including phenoxy) is 1. The van der Waals surface area contributed by atoms with Crippen molar-refractivity contribution in [3.63, 3.8) is 0 Å². The summed E-state index contributed by atoms with van der Waals surface area (Å²) < 4.78 is 5.43. The van der Waals surface area contributed by atoms with Gasteiger partial charge in [0.1, 0.15) is 0 Å². The minimum absolute atomic E-state index is 0.116. The molecule has 0 bridgehead atoms. The Morgan fingerprint density at radius 1 is 1.20 bits per heavy atom. The van der Waals surface area contributed by atoms with Crippen LogP contribution in [0.25, 0.3) is 0 Å². The Hall–Kier alpha value is -2.34. The van der Waals surface area contributed by atoms with Crippen molar-refractivity contribution >= 4 is 23.3 Å². The first-order chi connectivity index (χ1) is 14.7. The fourth-order valence-electron chi connectivity index (χ4n) is 3.72. The number of amides is 2. The van der Waals surface area contributed by atoms with Crippen LogP contribution in [0.1, 0.15) is 24.4 Å². The zero-order valence-corrected chi connectivity index (χ0v) is 18.1. The lowest BCUT2D eigenvalue weighted by Gasteiger charge is -2.33. The van der Waals surface area contributed by atoms with Crippen LogP contribution in [0.5, 0.6) is 0 Å². The van der Waals surface area contributed by atoms with E-state index in [-0.39, 0.29) is 12.1 Å². The van der Waals surface area contributed by atoms with Crippen LogP contribution in [0.3, 0.4) is 0 Å². The number of urea groups is 1. The normalized spacial score (nSPS) is 15.4. The van der Waals surface area contributed by atoms with Crippen molar-refractivity contribution in [2.45, 2.75) is 18.9 Å². The zero-order chi connectivity index (χ0) is 21.2. The molecular formula is C24H30ClN3O2. The molecule has 1 aliphatic heterocycles. The average Bonchev–Trinajstić information content (AvgIpc) is 2.77. The molecule has 2 aromatic rings. The maximum Gasteiger partial charge on any atom is 0.322 e. The number of nitrogens with zero attached hydrogens (tertiary/aromatic N) is 2. The number of hydrogen-bond acceptors (Lipinski definition) is 3. The van der Waals surface area contributed by atoms with Crippen LogP contribution in [0, 0.1) is 0 Å². The SMILES string of the molecule is C=CC[C@H](c1cccc(Cl)c1)N(CCCN1CCOCC1)C(=O)Nc1ccccc1. The van der Waals surface area contributed by atoms with Crippen molar-refractivity contribution in [1.29, 1.82) is 0 Å². The second kappa shape index (κ2) is 11.7. The molecule has 6 heteroatoms. The van der Waals surface area contributed by atoms with Gasteiger partial charge in [0.05, 0.1) is 19.3 Å². The Labute approximate surface area is 184 Å². The molecule has 0 spiro atoms. The summed E-state index contributed by atoms with van der Waals surface area (Å²) in [7, 11) is 0. The van der Waals surface area contributed by atoms with E-state index in [0.717, 1.165) is 50.5 Å². The van der Waals surface area contributed by atoms with E-state index >= 15 is 0 Å². The van der Waals surface area contributed by atoms with Crippen LogP contribution in [0.4, 0.5) is 10.5 Å². The van der Waals surface area contributed by atoms with Gasteiger partial charge >= 0.3 is 6.03 Å². The number of carbonyl (C=O) groups excluding carboxylic acids is 1. The van der Waals surface area contributed by atoms with Crippen LogP contribution in [0.2, 0.25) is 5.02 Å². The summed E-state index contributed by atoms with van der Waals surface area (Å²) in [5.41, 5.74) is 1.79. The second-order valence-electron chi connectivity index (χ2n) is 7.39. The molecule has 1 fully saturated rings. The predicted octanol–water partition coefficient (Wildman–Crippen LogP) is 5.21. The highest BCUT2D eigenvalue weighted by Gasteiger charge is 2.25. The summed E-state index contributed by atoms with van der Waals surface area (Å²) in [6.07, 6.45) is 3.40. The molecule has 0 unspecified atom stereocenters. The molecule has 0 aromatic heterocycles. The van der Waals surface area contributed by atoms with Crippen LogP contribution < -0.4 is 5.32 Å². The van der Waals surface area contributed by atoms with E-state index in [2.05, 4.69) is 16.8 Å². The summed E-state index contributed by atoms with van der Waals surface area (Å²) in [4.78, 5) is 17.6. The first-order valence-electron chi connectivity index (χ1n) is 10.5. The topological polar surface area (TPSA) is 44.8 Å². The van der Waals surface area contributed by atoms with E-state index < -0.39 is 0 Å². The summed E-state index contributed by atoms with van der Waals surface area (Å²) in [6.45, 7) is 8.94. The summed E-state index contributed by atoms with van der Waals surface area (Å²) >= 11 is 6.25. The van der Waals surface area contributed by atoms with Crippen molar-refractivity contribution in [1.82, 2.24) is 9.80 Å². The zero-order valence-electron chi connectivity index (χ0n) is 17.3. The third-order valence-corrected chi connectivity index (χ3v) is 5.50. The van der Waals surface area contributed by atoms with Crippen LogP contribution in [-0.4, -0.2) is 55.2 Å². The first-order valence-corrected chi connectivity index (χ1v) is 10.8. The van der Waals surface area contributed by atoms with E-state index in [1.807, 2.05) is 65.6 Å². The highest BCUT2D eigenvalue weighted by Crippen LogP contribution is 2.28. The highest BCUT2D eigenvalue weighted by atomic mass is 35.5. The second-order valence-corrected chi connectivity index (χ2v) is 7.83. The minimum Gasteiger partial charge on any atom is -0.379 e. The van der Waals surface area contributed by atoms with E-state index in [4.69, 9.17) is 16.3 Å². The fourth-order valence-corrected chi connectivity index (χ4v) is 3.92. The molecule has 2 amide bonds. The minimum atomic E-state index is -0.130. The highest BCUT2D eigenvalue weighted by molar-refractivity contribution is 6.30. The first kappa shape index (κ1) is 22.3. The van der Waals surface area contributed by atoms with Gasteiger partial charge < -0.3 is 15.0 Å². The van der Waals surface area contributed by atoms with Crippen molar-refractivity contribution in [3.8, 4) is 0 Å². The largest absolute Gasteiger partial charge is 0.379 e. The number of morpholine rings is 1. The standard InChI is InChI=1S/C24H30ClN3O2/c1-2-8-23(20-9-6-10-21(25)19-20)28(14-7-13-27-15-17-30-18-16-27)24(29)26-22-11-4-3-5-12-22/h2-6,9-12,19,23H,1,7-8,13-18H2,(H,26,29)/t23-/m1/s1. The summed E-state index contributed by atoms with van der Waals surface area (Å²) in [5.74, 6) is 0. The fraction of sp³-hybridized carbons (Fsp3) is 0.375. The van der Waals surface area contributed by atoms with Crippen molar-refractivity contribution in [2.75, 3.05) is 44.7 Å². The van der Waals surface area contributed by atoms with E-state index in [9.17, 15) is 4.79 Å². The van der Waals surface area contributed by atoms with E-state index in [1.165, 1.54) is 0 Å². The number of hydrogen-bond donors (Lipinski definition) is 1. The van der Waals surface area contributed by atoms with Gasteiger partial charge in [-0.1, -0.05) is 48.0 Å². The third kappa shape index (κ3) is 6.59. The maximum atomic E-state index is 13.3. The van der Waals surface area contributed by atoms with Gasteiger partial charge in [-0.3, -0.25) is 4.90 Å². The number of anilines is 1. The van der Waals surface area contributed by atoms with Crippen LogP contribution >= 0.6 is 11.6 Å². The summed E-state index contributed by atoms with van der Waals surface area (Å²) in [6, 6.07) is 17.0. The van der Waals surface area contributed by atoms with Gasteiger partial charge in [-0.2, -0.15) is 0 Å². The Morgan fingerprint density at radius 3 is 2.67 bits per heavy atom. The average molecular weight is 428 g/mol. The number of nitrogens with one attached hydrogen (secondary N) is 1. The van der Waals surface area contributed by atoms with Gasteiger partial charge in [-0.05, 0) is 42.7 Å². The van der Waals surface area contributed by atoms with E-state index in [0.29, 0.717) is 18.0 Å². The molecule has 0 radical (unpaired) electrons. The number of halogens is 1. The molecule has 0 saturated carbocycles. The number of benzene rings is 2. The third-order valence-electron chi connectivity index (χ3n) is 5.26. The molecule has 1 atom stereocenters. The smallest absolute Gasteiger partial charge is 0.322 e. The molecular weight excluding hydrogens is 398 g/mol. The molecule has 30 heavy (non-hydrogen) atoms. The molecule has 1 saturated heterocycles.